The summed E-state index contributed by atoms with van der Waals surface area (Å²) in [6.45, 7) is 0. The number of ether oxygens (including phenoxy) is 1. The summed E-state index contributed by atoms with van der Waals surface area (Å²) in [5, 5.41) is 13.2. The number of carbonyl (C=O) groups is 1. The highest BCUT2D eigenvalue weighted by atomic mass is 16.5. The average molecular weight is 284 g/mol. The van der Waals surface area contributed by atoms with Crippen molar-refractivity contribution in [3.05, 3.63) is 54.6 Å². The molecule has 0 fully saturated rings. The van der Waals surface area contributed by atoms with Gasteiger partial charge in [0, 0.05) is 24.5 Å². The molecule has 0 atom stereocenters. The summed E-state index contributed by atoms with van der Waals surface area (Å²) in [5.41, 5.74) is 0.613. The lowest BCUT2D eigenvalue weighted by atomic mass is 10.4. The van der Waals surface area contributed by atoms with Gasteiger partial charge in [-0.1, -0.05) is 0 Å². The fraction of sp³-hybridized carbons (Fsp3) is 0.0714. The fourth-order valence-electron chi connectivity index (χ4n) is 1.96. The van der Waals surface area contributed by atoms with Gasteiger partial charge in [0.15, 0.2) is 5.69 Å². The molecular weight excluding hydrogens is 272 g/mol. The molecule has 1 N–H and O–H groups in total. The summed E-state index contributed by atoms with van der Waals surface area (Å²) in [6.07, 6.45) is 5.21. The van der Waals surface area contributed by atoms with Gasteiger partial charge in [0.25, 0.3) is 0 Å². The minimum absolute atomic E-state index is 0.0329. The van der Waals surface area contributed by atoms with Gasteiger partial charge in [0.1, 0.15) is 5.82 Å². The number of aromatic nitrogens is 4. The predicted octanol–water partition coefficient (Wildman–Crippen LogP) is 1.76. The zero-order chi connectivity index (χ0) is 14.8. The Morgan fingerprint density at radius 2 is 2.05 bits per heavy atom. The van der Waals surface area contributed by atoms with Crippen LogP contribution < -0.4 is 4.74 Å². The van der Waals surface area contributed by atoms with E-state index in [0.29, 0.717) is 17.4 Å². The highest BCUT2D eigenvalue weighted by Crippen LogP contribution is 2.18. The zero-order valence-corrected chi connectivity index (χ0v) is 11.2. The minimum atomic E-state index is -1.08. The molecule has 3 aromatic heterocycles. The molecule has 21 heavy (non-hydrogen) atoms. The van der Waals surface area contributed by atoms with Gasteiger partial charge < -0.3 is 14.4 Å². The van der Waals surface area contributed by atoms with Crippen molar-refractivity contribution in [2.45, 2.75) is 0 Å². The molecule has 0 aromatic carbocycles. The first-order chi connectivity index (χ1) is 10.2. The van der Waals surface area contributed by atoms with E-state index in [1.54, 1.807) is 22.9 Å². The van der Waals surface area contributed by atoms with E-state index in [1.807, 2.05) is 24.5 Å². The molecule has 3 aromatic rings. The van der Waals surface area contributed by atoms with Gasteiger partial charge in [0.05, 0.1) is 19.0 Å². The third-order valence-corrected chi connectivity index (χ3v) is 2.95. The molecule has 0 unspecified atom stereocenters. The van der Waals surface area contributed by atoms with Crippen LogP contribution >= 0.6 is 0 Å². The Hall–Kier alpha value is -3.09. The minimum Gasteiger partial charge on any atom is -0.481 e. The lowest BCUT2D eigenvalue weighted by Gasteiger charge is -2.08. The molecule has 0 bridgehead atoms. The summed E-state index contributed by atoms with van der Waals surface area (Å²) < 4.78 is 8.32. The van der Waals surface area contributed by atoms with E-state index in [4.69, 9.17) is 9.84 Å². The third-order valence-electron chi connectivity index (χ3n) is 2.95. The topological polar surface area (TPSA) is 82.2 Å². The number of aromatic carboxylic acids is 1. The molecule has 0 radical (unpaired) electrons. The van der Waals surface area contributed by atoms with Crippen LogP contribution in [0.25, 0.3) is 11.5 Å². The number of carboxylic acids is 1. The van der Waals surface area contributed by atoms with Gasteiger partial charge in [-0.25, -0.2) is 14.5 Å². The third kappa shape index (κ3) is 2.36. The first-order valence-corrected chi connectivity index (χ1v) is 6.16. The standard InChI is InChI=1S/C14H12N4O3/c1-21-12-5-4-10(9-15-12)18-13(17-6-2-3-7-17)8-11(16-18)14(19)20/h2-9H,1H3,(H,19,20). The number of rotatable bonds is 4. The summed E-state index contributed by atoms with van der Waals surface area (Å²) in [4.78, 5) is 15.3. The number of hydrogen-bond acceptors (Lipinski definition) is 4. The quantitative estimate of drug-likeness (QED) is 0.789. The van der Waals surface area contributed by atoms with Crippen LogP contribution in [-0.4, -0.2) is 37.5 Å². The van der Waals surface area contributed by atoms with Crippen LogP contribution in [0.3, 0.4) is 0 Å². The molecule has 3 rings (SSSR count). The number of hydrogen-bond donors (Lipinski definition) is 1. The Kier molecular flexibility index (Phi) is 3.15. The molecule has 0 spiro atoms. The SMILES string of the molecule is COc1ccc(-n2nc(C(=O)O)cc2-n2cccc2)cn1. The van der Waals surface area contributed by atoms with Crippen molar-refractivity contribution >= 4 is 5.97 Å². The maximum absolute atomic E-state index is 11.1. The normalized spacial score (nSPS) is 10.5. The van der Waals surface area contributed by atoms with Crippen molar-refractivity contribution < 1.29 is 14.6 Å². The van der Waals surface area contributed by atoms with Crippen LogP contribution in [0.4, 0.5) is 0 Å². The second-order valence-corrected chi connectivity index (χ2v) is 4.25. The van der Waals surface area contributed by atoms with Crippen molar-refractivity contribution in [3.8, 4) is 17.4 Å². The van der Waals surface area contributed by atoms with Crippen molar-refractivity contribution in [3.63, 3.8) is 0 Å². The van der Waals surface area contributed by atoms with Gasteiger partial charge in [-0.3, -0.25) is 0 Å². The molecular formula is C14H12N4O3. The Bertz CT molecular complexity index is 760. The van der Waals surface area contributed by atoms with Crippen molar-refractivity contribution in [2.24, 2.45) is 0 Å². The smallest absolute Gasteiger partial charge is 0.356 e. The molecule has 0 aliphatic rings. The second kappa shape index (κ2) is 5.12. The van der Waals surface area contributed by atoms with Crippen LogP contribution in [0, 0.1) is 0 Å². The molecule has 7 nitrogen and oxygen atoms in total. The molecule has 0 amide bonds. The van der Waals surface area contributed by atoms with Crippen LogP contribution in [0.1, 0.15) is 10.5 Å². The molecule has 0 aliphatic carbocycles. The van der Waals surface area contributed by atoms with E-state index < -0.39 is 5.97 Å². The van der Waals surface area contributed by atoms with Crippen LogP contribution in [-0.2, 0) is 0 Å². The molecule has 0 saturated carbocycles. The summed E-state index contributed by atoms with van der Waals surface area (Å²) in [7, 11) is 1.53. The highest BCUT2D eigenvalue weighted by molar-refractivity contribution is 5.86. The lowest BCUT2D eigenvalue weighted by Crippen LogP contribution is -2.05. The Balaban J connectivity index is 2.13. The average Bonchev–Trinajstić information content (AvgIpc) is 3.16. The van der Waals surface area contributed by atoms with E-state index in [-0.39, 0.29) is 5.69 Å². The molecule has 3 heterocycles. The second-order valence-electron chi connectivity index (χ2n) is 4.25. The van der Waals surface area contributed by atoms with Gasteiger partial charge >= 0.3 is 5.97 Å². The Morgan fingerprint density at radius 3 is 2.62 bits per heavy atom. The fourth-order valence-corrected chi connectivity index (χ4v) is 1.96. The van der Waals surface area contributed by atoms with Gasteiger partial charge in [-0.2, -0.15) is 5.10 Å². The van der Waals surface area contributed by atoms with Crippen molar-refractivity contribution in [2.75, 3.05) is 7.11 Å². The van der Waals surface area contributed by atoms with E-state index in [2.05, 4.69) is 10.1 Å². The highest BCUT2D eigenvalue weighted by Gasteiger charge is 2.15. The van der Waals surface area contributed by atoms with Crippen LogP contribution in [0.5, 0.6) is 5.88 Å². The van der Waals surface area contributed by atoms with Crippen molar-refractivity contribution in [1.82, 2.24) is 19.3 Å². The van der Waals surface area contributed by atoms with Crippen LogP contribution in [0.15, 0.2) is 48.9 Å². The first kappa shape index (κ1) is 12.9. The maximum Gasteiger partial charge on any atom is 0.356 e. The van der Waals surface area contributed by atoms with E-state index in [1.165, 1.54) is 17.9 Å². The monoisotopic (exact) mass is 284 g/mol. The number of nitrogens with zero attached hydrogens (tertiary/aromatic N) is 4. The number of pyridine rings is 1. The zero-order valence-electron chi connectivity index (χ0n) is 11.2. The largest absolute Gasteiger partial charge is 0.481 e. The van der Waals surface area contributed by atoms with E-state index in [0.717, 1.165) is 0 Å². The van der Waals surface area contributed by atoms with Gasteiger partial charge in [-0.05, 0) is 18.2 Å². The number of carboxylic acid groups (broad SMARTS) is 1. The van der Waals surface area contributed by atoms with E-state index >= 15 is 0 Å². The summed E-state index contributed by atoms with van der Waals surface area (Å²) >= 11 is 0. The van der Waals surface area contributed by atoms with Crippen LogP contribution in [0.2, 0.25) is 0 Å². The lowest BCUT2D eigenvalue weighted by molar-refractivity contribution is 0.0690. The molecule has 0 saturated heterocycles. The number of methoxy groups -OCH3 is 1. The maximum atomic E-state index is 11.1. The van der Waals surface area contributed by atoms with Gasteiger partial charge in [0.2, 0.25) is 5.88 Å². The molecule has 7 heteroatoms. The van der Waals surface area contributed by atoms with Gasteiger partial charge in [-0.15, -0.1) is 0 Å². The van der Waals surface area contributed by atoms with Crippen molar-refractivity contribution in [1.29, 1.82) is 0 Å². The molecule has 106 valence electrons. The van der Waals surface area contributed by atoms with E-state index in [9.17, 15) is 4.79 Å². The molecule has 0 aliphatic heterocycles. The summed E-state index contributed by atoms with van der Waals surface area (Å²) in [6, 6.07) is 8.66. The first-order valence-electron chi connectivity index (χ1n) is 6.16. The summed E-state index contributed by atoms with van der Waals surface area (Å²) in [5.74, 6) is 0.0138. The predicted molar refractivity (Wildman–Crippen MR) is 74.2 cm³/mol. The Morgan fingerprint density at radius 1 is 1.29 bits per heavy atom. The Labute approximate surface area is 120 Å².